The molecular weight excluding hydrogens is 406 g/mol. The van der Waals surface area contributed by atoms with Gasteiger partial charge in [0.25, 0.3) is 5.91 Å². The molecule has 0 N–H and O–H groups in total. The molecule has 1 fully saturated rings. The van der Waals surface area contributed by atoms with Gasteiger partial charge in [0.1, 0.15) is 0 Å². The van der Waals surface area contributed by atoms with E-state index in [0.29, 0.717) is 46.5 Å². The fourth-order valence-corrected chi connectivity index (χ4v) is 4.11. The van der Waals surface area contributed by atoms with E-state index in [1.54, 1.807) is 35.2 Å². The molecule has 2 aromatic rings. The van der Waals surface area contributed by atoms with Crippen molar-refractivity contribution in [1.82, 2.24) is 4.90 Å². The third-order valence-electron chi connectivity index (χ3n) is 5.44. The zero-order chi connectivity index (χ0) is 21.8. The second-order valence-electron chi connectivity index (χ2n) is 7.33. The van der Waals surface area contributed by atoms with E-state index < -0.39 is 0 Å². The molecule has 0 radical (unpaired) electrons. The fraction of sp³-hybridized carbons (Fsp3) is 0.391. The lowest BCUT2D eigenvalue weighted by Gasteiger charge is -2.32. The number of nitrogens with zero attached hydrogens (tertiary/aromatic N) is 1. The van der Waals surface area contributed by atoms with Gasteiger partial charge in [-0.2, -0.15) is 0 Å². The number of amides is 1. The average molecular weight is 432 g/mol. The number of likely N-dealkylation sites (tertiary alicyclic amines) is 1. The first kappa shape index (κ1) is 22.0. The standard InChI is InChI=1S/C23H26ClNO5/c1-14-10-17(24)7-8-18(14)21(26)15-6-5-9-25(13-15)23(27)16-11-19(28-2)22(30-4)20(12-16)29-3/h7-8,10-12,15H,5-6,9,13H2,1-4H3/t15-/m0/s1. The van der Waals surface area contributed by atoms with Crippen molar-refractivity contribution < 1.29 is 23.8 Å². The number of Topliss-reactive ketones (excluding diaryl/α,β-unsaturated/α-hetero) is 1. The van der Waals surface area contributed by atoms with Gasteiger partial charge in [-0.15, -0.1) is 0 Å². The molecule has 0 unspecified atom stereocenters. The van der Waals surface area contributed by atoms with E-state index >= 15 is 0 Å². The minimum absolute atomic E-state index is 0.0477. The van der Waals surface area contributed by atoms with Crippen molar-refractivity contribution >= 4 is 23.3 Å². The number of ether oxygens (including phenoxy) is 3. The van der Waals surface area contributed by atoms with Crippen LogP contribution in [0.3, 0.4) is 0 Å². The molecule has 2 aromatic carbocycles. The minimum atomic E-state index is -0.246. The predicted octanol–water partition coefficient (Wildman–Crippen LogP) is 4.41. The van der Waals surface area contributed by atoms with Crippen molar-refractivity contribution in [2.45, 2.75) is 19.8 Å². The Morgan fingerprint density at radius 2 is 1.70 bits per heavy atom. The van der Waals surface area contributed by atoms with Gasteiger partial charge >= 0.3 is 0 Å². The van der Waals surface area contributed by atoms with Crippen LogP contribution in [0.4, 0.5) is 0 Å². The number of methoxy groups -OCH3 is 3. The van der Waals surface area contributed by atoms with Crippen molar-refractivity contribution in [1.29, 1.82) is 0 Å². The highest BCUT2D eigenvalue weighted by atomic mass is 35.5. The Labute approximate surface area is 181 Å². The second kappa shape index (κ2) is 9.39. The molecular formula is C23H26ClNO5. The topological polar surface area (TPSA) is 65.1 Å². The van der Waals surface area contributed by atoms with Gasteiger partial charge in [0, 0.05) is 35.2 Å². The Morgan fingerprint density at radius 3 is 2.27 bits per heavy atom. The molecule has 0 aliphatic carbocycles. The zero-order valence-corrected chi connectivity index (χ0v) is 18.4. The molecule has 1 atom stereocenters. The van der Waals surface area contributed by atoms with Crippen LogP contribution in [0.1, 0.15) is 39.1 Å². The highest BCUT2D eigenvalue weighted by Crippen LogP contribution is 2.38. The Balaban J connectivity index is 1.83. The van der Waals surface area contributed by atoms with Gasteiger partial charge in [0.05, 0.1) is 21.3 Å². The highest BCUT2D eigenvalue weighted by Gasteiger charge is 2.31. The molecule has 0 bridgehead atoms. The summed E-state index contributed by atoms with van der Waals surface area (Å²) >= 11 is 6.02. The number of rotatable bonds is 6. The number of piperidine rings is 1. The zero-order valence-electron chi connectivity index (χ0n) is 17.7. The molecule has 1 aliphatic heterocycles. The maximum atomic E-state index is 13.2. The average Bonchev–Trinajstić information content (AvgIpc) is 2.77. The van der Waals surface area contributed by atoms with Crippen molar-refractivity contribution in [3.05, 3.63) is 52.0 Å². The summed E-state index contributed by atoms with van der Waals surface area (Å²) in [7, 11) is 4.53. The first-order valence-corrected chi connectivity index (χ1v) is 10.2. The molecule has 1 aliphatic rings. The molecule has 6 nitrogen and oxygen atoms in total. The normalized spacial score (nSPS) is 16.2. The number of carbonyl (C=O) groups is 2. The maximum Gasteiger partial charge on any atom is 0.254 e. The lowest BCUT2D eigenvalue weighted by Crippen LogP contribution is -2.42. The van der Waals surface area contributed by atoms with Crippen LogP contribution in [0.25, 0.3) is 0 Å². The second-order valence-corrected chi connectivity index (χ2v) is 7.76. The monoisotopic (exact) mass is 431 g/mol. The van der Waals surface area contributed by atoms with Crippen LogP contribution < -0.4 is 14.2 Å². The van der Waals surface area contributed by atoms with Crippen LogP contribution in [0.15, 0.2) is 30.3 Å². The highest BCUT2D eigenvalue weighted by molar-refractivity contribution is 6.30. The van der Waals surface area contributed by atoms with Crippen LogP contribution in [-0.2, 0) is 0 Å². The van der Waals surface area contributed by atoms with Gasteiger partial charge in [-0.1, -0.05) is 11.6 Å². The summed E-state index contributed by atoms with van der Waals surface area (Å²) in [6, 6.07) is 8.55. The largest absolute Gasteiger partial charge is 0.493 e. The van der Waals surface area contributed by atoms with Crippen LogP contribution >= 0.6 is 11.6 Å². The third-order valence-corrected chi connectivity index (χ3v) is 5.68. The molecule has 0 saturated carbocycles. The molecule has 1 heterocycles. The molecule has 0 spiro atoms. The van der Waals surface area contributed by atoms with Crippen molar-refractivity contribution in [2.24, 2.45) is 5.92 Å². The van der Waals surface area contributed by atoms with Crippen LogP contribution in [0.5, 0.6) is 17.2 Å². The smallest absolute Gasteiger partial charge is 0.254 e. The van der Waals surface area contributed by atoms with E-state index in [2.05, 4.69) is 0 Å². The summed E-state index contributed by atoms with van der Waals surface area (Å²) in [6.45, 7) is 2.84. The van der Waals surface area contributed by atoms with Gasteiger partial charge in [-0.25, -0.2) is 0 Å². The van der Waals surface area contributed by atoms with E-state index in [9.17, 15) is 9.59 Å². The van der Waals surface area contributed by atoms with Crippen LogP contribution in [-0.4, -0.2) is 51.0 Å². The fourth-order valence-electron chi connectivity index (χ4n) is 3.89. The van der Waals surface area contributed by atoms with E-state index in [0.717, 1.165) is 18.4 Å². The summed E-state index contributed by atoms with van der Waals surface area (Å²) in [5.41, 5.74) is 1.94. The van der Waals surface area contributed by atoms with Gasteiger partial charge in [-0.05, 0) is 55.7 Å². The van der Waals surface area contributed by atoms with Crippen molar-refractivity contribution in [2.75, 3.05) is 34.4 Å². The Hall–Kier alpha value is -2.73. The lowest BCUT2D eigenvalue weighted by atomic mass is 9.88. The van der Waals surface area contributed by atoms with Gasteiger partial charge < -0.3 is 19.1 Å². The summed E-state index contributed by atoms with van der Waals surface area (Å²) in [4.78, 5) is 28.0. The number of benzene rings is 2. The van der Waals surface area contributed by atoms with Crippen LogP contribution in [0, 0.1) is 12.8 Å². The molecule has 7 heteroatoms. The van der Waals surface area contributed by atoms with E-state index in [4.69, 9.17) is 25.8 Å². The number of hydrogen-bond donors (Lipinski definition) is 0. The first-order chi connectivity index (χ1) is 14.4. The van der Waals surface area contributed by atoms with Crippen LogP contribution in [0.2, 0.25) is 5.02 Å². The number of ketones is 1. The summed E-state index contributed by atoms with van der Waals surface area (Å²) < 4.78 is 16.0. The summed E-state index contributed by atoms with van der Waals surface area (Å²) in [5.74, 6) is 0.903. The Morgan fingerprint density at radius 1 is 1.03 bits per heavy atom. The molecule has 1 saturated heterocycles. The van der Waals surface area contributed by atoms with Gasteiger partial charge in [0.2, 0.25) is 5.75 Å². The SMILES string of the molecule is COc1cc(C(=O)N2CCC[C@H](C(=O)c3ccc(Cl)cc3C)C2)cc(OC)c1OC. The molecule has 30 heavy (non-hydrogen) atoms. The summed E-state index contributed by atoms with van der Waals surface area (Å²) in [6.07, 6.45) is 1.51. The Bertz CT molecular complexity index is 934. The number of carbonyl (C=O) groups excluding carboxylic acids is 2. The molecule has 0 aromatic heterocycles. The maximum absolute atomic E-state index is 13.2. The number of halogens is 1. The van der Waals surface area contributed by atoms with Gasteiger partial charge in [0.15, 0.2) is 17.3 Å². The Kier molecular flexibility index (Phi) is 6.87. The van der Waals surface area contributed by atoms with E-state index in [-0.39, 0.29) is 17.6 Å². The number of aryl methyl sites for hydroxylation is 1. The quantitative estimate of drug-likeness (QED) is 0.634. The third kappa shape index (κ3) is 4.38. The predicted molar refractivity (Wildman–Crippen MR) is 115 cm³/mol. The molecule has 3 rings (SSSR count). The molecule has 160 valence electrons. The van der Waals surface area contributed by atoms with Gasteiger partial charge in [-0.3, -0.25) is 9.59 Å². The van der Waals surface area contributed by atoms with E-state index in [1.165, 1.54) is 21.3 Å². The van der Waals surface area contributed by atoms with Crippen molar-refractivity contribution in [3.8, 4) is 17.2 Å². The first-order valence-electron chi connectivity index (χ1n) is 9.79. The number of hydrogen-bond acceptors (Lipinski definition) is 5. The lowest BCUT2D eigenvalue weighted by molar-refractivity contribution is 0.0636. The van der Waals surface area contributed by atoms with E-state index in [1.807, 2.05) is 6.92 Å². The molecule has 1 amide bonds. The minimum Gasteiger partial charge on any atom is -0.493 e. The summed E-state index contributed by atoms with van der Waals surface area (Å²) in [5, 5.41) is 0.604. The van der Waals surface area contributed by atoms with Crippen molar-refractivity contribution in [3.63, 3.8) is 0 Å².